The topological polar surface area (TPSA) is 35.8 Å². The molecule has 1 atom stereocenters. The fourth-order valence-electron chi connectivity index (χ4n) is 1.37. The number of thioether (sulfide) groups is 1. The van der Waals surface area contributed by atoms with Crippen LogP contribution in [-0.2, 0) is 0 Å². The fourth-order valence-corrected chi connectivity index (χ4v) is 2.32. The van der Waals surface area contributed by atoms with Crippen LogP contribution in [0, 0.1) is 11.3 Å². The van der Waals surface area contributed by atoms with Crippen LogP contribution in [-0.4, -0.2) is 18.1 Å². The first kappa shape index (κ1) is 13.4. The molecule has 86 valence electrons. The van der Waals surface area contributed by atoms with Gasteiger partial charge in [-0.05, 0) is 43.6 Å². The molecule has 0 saturated carbocycles. The van der Waals surface area contributed by atoms with E-state index < -0.39 is 0 Å². The van der Waals surface area contributed by atoms with E-state index in [1.165, 1.54) is 0 Å². The Labute approximate surface area is 110 Å². The van der Waals surface area contributed by atoms with E-state index >= 15 is 0 Å². The molecule has 0 fully saturated rings. The van der Waals surface area contributed by atoms with Gasteiger partial charge in [0.25, 0.3) is 0 Å². The third kappa shape index (κ3) is 4.07. The number of hydrogen-bond donors (Lipinski definition) is 1. The van der Waals surface area contributed by atoms with Gasteiger partial charge < -0.3 is 5.32 Å². The fraction of sp³-hybridized carbons (Fsp3) is 0.417. The monoisotopic (exact) mass is 298 g/mol. The van der Waals surface area contributed by atoms with Crippen LogP contribution in [0.5, 0.6) is 0 Å². The van der Waals surface area contributed by atoms with Crippen molar-refractivity contribution < 1.29 is 0 Å². The quantitative estimate of drug-likeness (QED) is 0.896. The van der Waals surface area contributed by atoms with E-state index in [2.05, 4.69) is 40.5 Å². The minimum absolute atomic E-state index is 0.383. The molecule has 0 amide bonds. The summed E-state index contributed by atoms with van der Waals surface area (Å²) in [6, 6.07) is 8.24. The zero-order chi connectivity index (χ0) is 12.0. The van der Waals surface area contributed by atoms with Gasteiger partial charge in [-0.3, -0.25) is 0 Å². The molecule has 0 aliphatic rings. The van der Waals surface area contributed by atoms with Gasteiger partial charge >= 0.3 is 0 Å². The van der Waals surface area contributed by atoms with E-state index in [4.69, 9.17) is 5.26 Å². The van der Waals surface area contributed by atoms with Crippen LogP contribution < -0.4 is 5.32 Å². The standard InChI is InChI=1S/C12H15BrN2S/c1-9(5-6-16-2)15-12-7-11(13)4-3-10(12)8-14/h3-4,7,9,15H,5-6H2,1-2H3. The summed E-state index contributed by atoms with van der Waals surface area (Å²) in [6.07, 6.45) is 3.20. The first-order valence-electron chi connectivity index (χ1n) is 5.12. The summed E-state index contributed by atoms with van der Waals surface area (Å²) in [5.41, 5.74) is 1.60. The normalized spacial score (nSPS) is 11.9. The first-order chi connectivity index (χ1) is 7.67. The number of nitrogens with zero attached hydrogens (tertiary/aromatic N) is 1. The molecule has 0 aromatic heterocycles. The minimum Gasteiger partial charge on any atom is -0.381 e. The highest BCUT2D eigenvalue weighted by Gasteiger charge is 2.06. The molecule has 1 N–H and O–H groups in total. The van der Waals surface area contributed by atoms with Crippen molar-refractivity contribution in [1.82, 2.24) is 0 Å². The van der Waals surface area contributed by atoms with Gasteiger partial charge in [0.2, 0.25) is 0 Å². The number of halogens is 1. The van der Waals surface area contributed by atoms with Crippen molar-refractivity contribution in [3.63, 3.8) is 0 Å². The summed E-state index contributed by atoms with van der Waals surface area (Å²) in [5.74, 6) is 1.13. The Morgan fingerprint density at radius 1 is 1.56 bits per heavy atom. The van der Waals surface area contributed by atoms with Crippen molar-refractivity contribution in [2.45, 2.75) is 19.4 Å². The molecule has 16 heavy (non-hydrogen) atoms. The first-order valence-corrected chi connectivity index (χ1v) is 7.31. The number of hydrogen-bond acceptors (Lipinski definition) is 3. The molecule has 1 aromatic rings. The average Bonchev–Trinajstić information content (AvgIpc) is 2.27. The second kappa shape index (κ2) is 6.82. The maximum atomic E-state index is 8.99. The zero-order valence-corrected chi connectivity index (χ0v) is 11.9. The Morgan fingerprint density at radius 2 is 2.31 bits per heavy atom. The lowest BCUT2D eigenvalue weighted by molar-refractivity contribution is 0.771. The van der Waals surface area contributed by atoms with E-state index in [-0.39, 0.29) is 0 Å². The summed E-state index contributed by atoms with van der Waals surface area (Å²) in [5, 5.41) is 12.4. The predicted octanol–water partition coefficient (Wildman–Crippen LogP) is 3.87. The van der Waals surface area contributed by atoms with E-state index in [1.54, 1.807) is 0 Å². The molecule has 1 unspecified atom stereocenters. The Bertz CT molecular complexity index is 387. The zero-order valence-electron chi connectivity index (χ0n) is 9.46. The molecular weight excluding hydrogens is 284 g/mol. The van der Waals surface area contributed by atoms with Crippen molar-refractivity contribution in [2.24, 2.45) is 0 Å². The van der Waals surface area contributed by atoms with Crippen LogP contribution in [0.2, 0.25) is 0 Å². The highest BCUT2D eigenvalue weighted by molar-refractivity contribution is 9.10. The van der Waals surface area contributed by atoms with Gasteiger partial charge in [-0.15, -0.1) is 0 Å². The van der Waals surface area contributed by atoms with Crippen molar-refractivity contribution in [3.05, 3.63) is 28.2 Å². The Morgan fingerprint density at radius 3 is 2.94 bits per heavy atom. The van der Waals surface area contributed by atoms with E-state index in [0.29, 0.717) is 11.6 Å². The second-order valence-corrected chi connectivity index (χ2v) is 5.53. The minimum atomic E-state index is 0.383. The van der Waals surface area contributed by atoms with E-state index in [9.17, 15) is 0 Å². The number of anilines is 1. The molecule has 2 nitrogen and oxygen atoms in total. The van der Waals surface area contributed by atoms with Gasteiger partial charge in [0.15, 0.2) is 0 Å². The molecule has 0 aliphatic carbocycles. The lowest BCUT2D eigenvalue weighted by Gasteiger charge is -2.15. The van der Waals surface area contributed by atoms with E-state index in [1.807, 2.05) is 30.0 Å². The lowest BCUT2D eigenvalue weighted by Crippen LogP contribution is -2.16. The van der Waals surface area contributed by atoms with Crippen LogP contribution in [0.15, 0.2) is 22.7 Å². The maximum absolute atomic E-state index is 8.99. The summed E-state index contributed by atoms with van der Waals surface area (Å²) in [4.78, 5) is 0. The van der Waals surface area contributed by atoms with Crippen LogP contribution in [0.3, 0.4) is 0 Å². The van der Waals surface area contributed by atoms with Gasteiger partial charge in [-0.25, -0.2) is 0 Å². The highest BCUT2D eigenvalue weighted by atomic mass is 79.9. The smallest absolute Gasteiger partial charge is 0.101 e. The largest absolute Gasteiger partial charge is 0.381 e. The molecular formula is C12H15BrN2S. The van der Waals surface area contributed by atoms with Crippen LogP contribution in [0.25, 0.3) is 0 Å². The Kier molecular flexibility index (Phi) is 5.72. The van der Waals surface area contributed by atoms with Crippen LogP contribution >= 0.6 is 27.7 Å². The number of nitrogens with one attached hydrogen (secondary N) is 1. The summed E-state index contributed by atoms with van der Waals surface area (Å²) in [6.45, 7) is 2.14. The molecule has 0 heterocycles. The van der Waals surface area contributed by atoms with Crippen molar-refractivity contribution in [3.8, 4) is 6.07 Å². The van der Waals surface area contributed by atoms with Crippen LogP contribution in [0.1, 0.15) is 18.9 Å². The summed E-state index contributed by atoms with van der Waals surface area (Å²) in [7, 11) is 0. The molecule has 0 saturated heterocycles. The van der Waals surface area contributed by atoms with E-state index in [0.717, 1.165) is 22.3 Å². The third-order valence-electron chi connectivity index (χ3n) is 2.26. The molecule has 0 aliphatic heterocycles. The molecule has 0 bridgehead atoms. The van der Waals surface area contributed by atoms with Gasteiger partial charge in [0.1, 0.15) is 6.07 Å². The van der Waals surface area contributed by atoms with Gasteiger partial charge in [-0.1, -0.05) is 15.9 Å². The number of nitriles is 1. The predicted molar refractivity (Wildman–Crippen MR) is 74.9 cm³/mol. The summed E-state index contributed by atoms with van der Waals surface area (Å²) < 4.78 is 0.992. The van der Waals surface area contributed by atoms with Gasteiger partial charge in [0.05, 0.1) is 11.3 Å². The van der Waals surface area contributed by atoms with Crippen molar-refractivity contribution in [1.29, 1.82) is 5.26 Å². The third-order valence-corrected chi connectivity index (χ3v) is 3.40. The van der Waals surface area contributed by atoms with Crippen LogP contribution in [0.4, 0.5) is 5.69 Å². The molecule has 1 aromatic carbocycles. The van der Waals surface area contributed by atoms with Gasteiger partial charge in [-0.2, -0.15) is 17.0 Å². The number of benzene rings is 1. The van der Waals surface area contributed by atoms with Crippen molar-refractivity contribution in [2.75, 3.05) is 17.3 Å². The molecule has 4 heteroatoms. The maximum Gasteiger partial charge on any atom is 0.101 e. The molecule has 0 radical (unpaired) electrons. The number of rotatable bonds is 5. The van der Waals surface area contributed by atoms with Crippen molar-refractivity contribution >= 4 is 33.4 Å². The summed E-state index contributed by atoms with van der Waals surface area (Å²) >= 11 is 5.25. The lowest BCUT2D eigenvalue weighted by atomic mass is 10.1. The highest BCUT2D eigenvalue weighted by Crippen LogP contribution is 2.22. The second-order valence-electron chi connectivity index (χ2n) is 3.63. The molecule has 1 rings (SSSR count). The SMILES string of the molecule is CSCCC(C)Nc1cc(Br)ccc1C#N. The Balaban J connectivity index is 2.72. The van der Waals surface area contributed by atoms with Gasteiger partial charge in [0, 0.05) is 10.5 Å². The molecule has 0 spiro atoms. The average molecular weight is 299 g/mol. The Hall–Kier alpha value is -0.660.